The third kappa shape index (κ3) is 7.04. The highest BCUT2D eigenvalue weighted by atomic mass is 19.4. The molecular formula is C10H19F3N4O2. The molecule has 112 valence electrons. The fraction of sp³-hybridized carbons (Fsp3) is 1.00. The molecule has 1 fully saturated rings. The highest BCUT2D eigenvalue weighted by Crippen LogP contribution is 2.21. The van der Waals surface area contributed by atoms with Crippen molar-refractivity contribution < 1.29 is 23.0 Å². The summed E-state index contributed by atoms with van der Waals surface area (Å²) < 4.78 is 36.5. The first-order valence-corrected chi connectivity index (χ1v) is 5.96. The van der Waals surface area contributed by atoms with Crippen molar-refractivity contribution in [3.05, 3.63) is 5.21 Å². The van der Waals surface area contributed by atoms with Gasteiger partial charge in [0.1, 0.15) is 6.10 Å². The summed E-state index contributed by atoms with van der Waals surface area (Å²) in [7, 11) is 0. The highest BCUT2D eigenvalue weighted by Gasteiger charge is 2.35. The summed E-state index contributed by atoms with van der Waals surface area (Å²) in [6, 6.07) is 0. The van der Waals surface area contributed by atoms with Crippen molar-refractivity contribution in [3.8, 4) is 0 Å². The number of hydrazine groups is 1. The molecule has 1 aliphatic rings. The molecule has 0 aromatic rings. The minimum atomic E-state index is -4.22. The van der Waals surface area contributed by atoms with Gasteiger partial charge in [-0.25, -0.2) is 0 Å². The van der Waals surface area contributed by atoms with Crippen LogP contribution in [0.3, 0.4) is 0 Å². The number of halogens is 3. The smallest absolute Gasteiger partial charge is 0.401 e. The van der Waals surface area contributed by atoms with E-state index in [0.717, 1.165) is 0 Å². The first-order valence-electron chi connectivity index (χ1n) is 5.96. The monoisotopic (exact) mass is 284 g/mol. The van der Waals surface area contributed by atoms with E-state index in [2.05, 4.69) is 10.7 Å². The van der Waals surface area contributed by atoms with Crippen LogP contribution in [-0.2, 0) is 4.84 Å². The van der Waals surface area contributed by atoms with Gasteiger partial charge in [-0.05, 0) is 20.8 Å². The van der Waals surface area contributed by atoms with Gasteiger partial charge < -0.3 is 10.0 Å². The van der Waals surface area contributed by atoms with Crippen molar-refractivity contribution in [1.82, 2.24) is 10.3 Å². The first kappa shape index (κ1) is 15.8. The zero-order valence-corrected chi connectivity index (χ0v) is 11.2. The van der Waals surface area contributed by atoms with Crippen molar-refractivity contribution in [2.45, 2.75) is 45.0 Å². The van der Waals surface area contributed by atoms with E-state index >= 15 is 0 Å². The number of nitrogens with zero attached hydrogens (tertiary/aromatic N) is 3. The summed E-state index contributed by atoms with van der Waals surface area (Å²) in [6.45, 7) is 4.75. The van der Waals surface area contributed by atoms with Crippen LogP contribution in [0.4, 0.5) is 13.2 Å². The average molecular weight is 284 g/mol. The van der Waals surface area contributed by atoms with Crippen LogP contribution in [0.2, 0.25) is 0 Å². The Kier molecular flexibility index (Phi) is 4.83. The van der Waals surface area contributed by atoms with E-state index in [-0.39, 0.29) is 18.1 Å². The summed E-state index contributed by atoms with van der Waals surface area (Å²) in [5.41, 5.74) is 2.02. The second-order valence-corrected chi connectivity index (χ2v) is 5.58. The van der Waals surface area contributed by atoms with E-state index in [1.165, 1.54) is 4.90 Å². The Bertz CT molecular complexity index is 328. The molecule has 0 bridgehead atoms. The van der Waals surface area contributed by atoms with Gasteiger partial charge in [0.25, 0.3) is 0 Å². The number of likely N-dealkylation sites (tertiary alicyclic amines) is 1. The Morgan fingerprint density at radius 3 is 2.58 bits per heavy atom. The van der Waals surface area contributed by atoms with E-state index in [9.17, 15) is 18.4 Å². The van der Waals surface area contributed by atoms with Crippen LogP contribution >= 0.6 is 0 Å². The normalized spacial score (nSPS) is 22.6. The molecule has 0 amide bonds. The van der Waals surface area contributed by atoms with E-state index < -0.39 is 24.4 Å². The molecule has 19 heavy (non-hydrogen) atoms. The number of rotatable bonds is 4. The lowest BCUT2D eigenvalue weighted by molar-refractivity contribution is -0.626. The third-order valence-corrected chi connectivity index (χ3v) is 2.33. The largest absolute Gasteiger partial charge is 0.569 e. The quantitative estimate of drug-likeness (QED) is 0.486. The Morgan fingerprint density at radius 2 is 2.05 bits per heavy atom. The lowest BCUT2D eigenvalue weighted by atomic mass is 10.1. The Morgan fingerprint density at radius 1 is 1.42 bits per heavy atom. The number of hydrogen-bond acceptors (Lipinski definition) is 4. The summed E-state index contributed by atoms with van der Waals surface area (Å²) in [5, 5.41) is 14.5. The summed E-state index contributed by atoms with van der Waals surface area (Å²) in [6.07, 6.45) is -4.28. The van der Waals surface area contributed by atoms with Crippen molar-refractivity contribution in [2.75, 3.05) is 19.6 Å². The molecule has 1 heterocycles. The lowest BCUT2D eigenvalue weighted by Crippen LogP contribution is -2.40. The standard InChI is InChI=1S/C10H19F3N4O2/c1-9(2,3)14-17(18)15-19-8-4-5-16(6-8)7-10(11,12)13/h8H,4-7H2,1-3H3,(H,14,15)/t8-/m1/s1. The predicted molar refractivity (Wildman–Crippen MR) is 60.9 cm³/mol. The van der Waals surface area contributed by atoms with Crippen LogP contribution in [0.1, 0.15) is 27.2 Å². The maximum absolute atomic E-state index is 12.2. The second kappa shape index (κ2) is 5.81. The third-order valence-electron chi connectivity index (χ3n) is 2.33. The zero-order chi connectivity index (χ0) is 14.7. The summed E-state index contributed by atoms with van der Waals surface area (Å²) in [4.78, 5) is 6.34. The van der Waals surface area contributed by atoms with Gasteiger partial charge in [0.15, 0.2) is 0 Å². The van der Waals surface area contributed by atoms with Crippen LogP contribution < -0.4 is 5.43 Å². The van der Waals surface area contributed by atoms with Crippen LogP contribution in [0.5, 0.6) is 0 Å². The number of hydrogen-bond donors (Lipinski definition) is 1. The van der Waals surface area contributed by atoms with Crippen molar-refractivity contribution in [3.63, 3.8) is 0 Å². The fourth-order valence-electron chi connectivity index (χ4n) is 1.70. The van der Waals surface area contributed by atoms with Gasteiger partial charge >= 0.3 is 6.18 Å². The average Bonchev–Trinajstić information content (AvgIpc) is 2.57. The minimum absolute atomic E-state index is 0.117. The van der Waals surface area contributed by atoms with Crippen molar-refractivity contribution >= 4 is 0 Å². The maximum Gasteiger partial charge on any atom is 0.401 e. The zero-order valence-electron chi connectivity index (χ0n) is 11.2. The molecule has 0 aromatic carbocycles. The Labute approximate surface area is 109 Å². The molecule has 0 spiro atoms. The van der Waals surface area contributed by atoms with E-state index in [1.807, 2.05) is 0 Å². The summed E-state index contributed by atoms with van der Waals surface area (Å²) >= 11 is 0. The van der Waals surface area contributed by atoms with Crippen LogP contribution in [-0.4, -0.2) is 47.3 Å². The Balaban J connectivity index is 2.34. The molecule has 0 aromatic heterocycles. The van der Waals surface area contributed by atoms with Crippen LogP contribution in [0.25, 0.3) is 0 Å². The molecule has 1 atom stereocenters. The molecule has 1 rings (SSSR count). The van der Waals surface area contributed by atoms with Gasteiger partial charge in [-0.2, -0.15) is 18.6 Å². The van der Waals surface area contributed by atoms with Crippen molar-refractivity contribution in [2.24, 2.45) is 5.28 Å². The molecule has 9 heteroatoms. The molecule has 0 aliphatic carbocycles. The van der Waals surface area contributed by atoms with Gasteiger partial charge in [0, 0.05) is 19.5 Å². The maximum atomic E-state index is 12.2. The van der Waals surface area contributed by atoms with Gasteiger partial charge in [0.2, 0.25) is 5.28 Å². The van der Waals surface area contributed by atoms with E-state index in [1.54, 1.807) is 20.8 Å². The molecule has 1 N–H and O–H groups in total. The second-order valence-electron chi connectivity index (χ2n) is 5.58. The number of nitrogens with one attached hydrogen (secondary N) is 1. The number of alkyl halides is 3. The summed E-state index contributed by atoms with van der Waals surface area (Å²) in [5.74, 6) is 0. The highest BCUT2D eigenvalue weighted by molar-refractivity contribution is 4.77. The predicted octanol–water partition coefficient (Wildman–Crippen LogP) is 1.82. The van der Waals surface area contributed by atoms with Gasteiger partial charge in [-0.15, -0.1) is 0 Å². The molecular weight excluding hydrogens is 265 g/mol. The molecule has 0 radical (unpaired) electrons. The molecule has 0 unspecified atom stereocenters. The van der Waals surface area contributed by atoms with E-state index in [4.69, 9.17) is 4.84 Å². The first-order chi connectivity index (χ1) is 8.55. The van der Waals surface area contributed by atoms with Crippen molar-refractivity contribution in [1.29, 1.82) is 0 Å². The molecule has 1 aliphatic heterocycles. The van der Waals surface area contributed by atoms with Gasteiger partial charge in [0.05, 0.1) is 17.1 Å². The molecule has 6 nitrogen and oxygen atoms in total. The fourth-order valence-corrected chi connectivity index (χ4v) is 1.70. The van der Waals surface area contributed by atoms with E-state index in [0.29, 0.717) is 6.42 Å². The van der Waals surface area contributed by atoms with Gasteiger partial charge in [-0.1, -0.05) is 0 Å². The van der Waals surface area contributed by atoms with Crippen LogP contribution in [0, 0.1) is 5.21 Å². The topological polar surface area (TPSA) is 62.9 Å². The molecule has 1 saturated heterocycles. The SMILES string of the molecule is CC(C)(C)N/[N+]([O-])=N/O[C@@H]1CCN(CC(F)(F)F)C1. The van der Waals surface area contributed by atoms with Gasteiger partial charge in [-0.3, -0.25) is 4.90 Å². The Hall–Kier alpha value is -1.25. The lowest BCUT2D eigenvalue weighted by Gasteiger charge is -2.17. The van der Waals surface area contributed by atoms with Crippen LogP contribution in [0.15, 0.2) is 5.28 Å². The minimum Gasteiger partial charge on any atom is -0.569 e. The molecule has 0 saturated carbocycles.